The summed E-state index contributed by atoms with van der Waals surface area (Å²) < 4.78 is 5.58. The van der Waals surface area contributed by atoms with Gasteiger partial charge in [-0.05, 0) is 19.1 Å². The molecule has 2 unspecified atom stereocenters. The first kappa shape index (κ1) is 12.1. The molecule has 6 heteroatoms. The minimum Gasteiger partial charge on any atom is -0.394 e. The van der Waals surface area contributed by atoms with Crippen LogP contribution >= 0.6 is 0 Å². The summed E-state index contributed by atoms with van der Waals surface area (Å²) in [6.07, 6.45) is -0.0766. The lowest BCUT2D eigenvalue weighted by molar-refractivity contribution is -0.0422. The van der Waals surface area contributed by atoms with Gasteiger partial charge in [0.1, 0.15) is 11.6 Å². The fourth-order valence-electron chi connectivity index (χ4n) is 2.01. The quantitative estimate of drug-likeness (QED) is 0.506. The van der Waals surface area contributed by atoms with Crippen molar-refractivity contribution in [3.05, 3.63) is 18.2 Å². The molecule has 1 aliphatic heterocycles. The molecule has 1 aliphatic rings. The van der Waals surface area contributed by atoms with E-state index >= 15 is 0 Å². The Balaban J connectivity index is 2.14. The molecule has 0 aliphatic carbocycles. The number of pyridine rings is 1. The number of anilines is 2. The number of aromatic nitrogens is 1. The van der Waals surface area contributed by atoms with Crippen molar-refractivity contribution in [3.8, 4) is 0 Å². The summed E-state index contributed by atoms with van der Waals surface area (Å²) in [5.41, 5.74) is 2.52. The minimum absolute atomic E-state index is 0.0235. The molecular weight excluding hydrogens is 220 g/mol. The summed E-state index contributed by atoms with van der Waals surface area (Å²) in [6.45, 7) is 3.41. The Morgan fingerprint density at radius 1 is 1.59 bits per heavy atom. The van der Waals surface area contributed by atoms with Crippen LogP contribution in [0.3, 0.4) is 0 Å². The third-order valence-corrected chi connectivity index (χ3v) is 2.74. The first-order chi connectivity index (χ1) is 8.22. The number of aliphatic hydroxyl groups excluding tert-OH is 1. The van der Waals surface area contributed by atoms with E-state index in [9.17, 15) is 0 Å². The van der Waals surface area contributed by atoms with Crippen molar-refractivity contribution in [2.24, 2.45) is 5.84 Å². The van der Waals surface area contributed by atoms with Crippen molar-refractivity contribution < 1.29 is 9.84 Å². The molecular formula is C11H18N4O2. The number of morpholine rings is 1. The number of aliphatic hydroxyl groups is 1. The Bertz CT molecular complexity index is 374. The summed E-state index contributed by atoms with van der Waals surface area (Å²) in [5, 5.41) is 9.17. The predicted octanol–water partition coefficient (Wildman–Crippen LogP) is -0.0468. The van der Waals surface area contributed by atoms with Gasteiger partial charge < -0.3 is 20.2 Å². The van der Waals surface area contributed by atoms with Gasteiger partial charge in [0.15, 0.2) is 0 Å². The van der Waals surface area contributed by atoms with Crippen LogP contribution in [-0.2, 0) is 4.74 Å². The molecule has 0 radical (unpaired) electrons. The third-order valence-electron chi connectivity index (χ3n) is 2.74. The second-order valence-electron chi connectivity index (χ2n) is 4.18. The van der Waals surface area contributed by atoms with Gasteiger partial charge in [0.2, 0.25) is 0 Å². The highest BCUT2D eigenvalue weighted by molar-refractivity contribution is 5.47. The fraction of sp³-hybridized carbons (Fsp3) is 0.545. The van der Waals surface area contributed by atoms with Crippen molar-refractivity contribution in [2.75, 3.05) is 30.0 Å². The lowest BCUT2D eigenvalue weighted by atomic mass is 10.2. The number of nitrogens with one attached hydrogen (secondary N) is 1. The maximum atomic E-state index is 9.17. The van der Waals surface area contributed by atoms with Crippen LogP contribution < -0.4 is 16.2 Å². The van der Waals surface area contributed by atoms with Crippen molar-refractivity contribution in [2.45, 2.75) is 19.1 Å². The Morgan fingerprint density at radius 3 is 3.12 bits per heavy atom. The molecule has 1 aromatic heterocycles. The van der Waals surface area contributed by atoms with E-state index in [2.05, 4.69) is 15.3 Å². The molecule has 17 heavy (non-hydrogen) atoms. The predicted molar refractivity (Wildman–Crippen MR) is 65.7 cm³/mol. The second-order valence-corrected chi connectivity index (χ2v) is 4.18. The molecule has 94 valence electrons. The molecule has 4 N–H and O–H groups in total. The van der Waals surface area contributed by atoms with E-state index in [0.717, 1.165) is 12.4 Å². The Morgan fingerprint density at radius 2 is 2.41 bits per heavy atom. The van der Waals surface area contributed by atoms with Crippen LogP contribution in [0.5, 0.6) is 0 Å². The number of rotatable bonds is 3. The normalized spacial score (nSPS) is 24.8. The summed E-state index contributed by atoms with van der Waals surface area (Å²) in [7, 11) is 0. The number of nitrogen functional groups attached to an aromatic ring is 1. The van der Waals surface area contributed by atoms with Crippen molar-refractivity contribution in [3.63, 3.8) is 0 Å². The number of nitrogens with two attached hydrogens (primary N) is 1. The van der Waals surface area contributed by atoms with E-state index < -0.39 is 0 Å². The fourth-order valence-corrected chi connectivity index (χ4v) is 2.01. The Hall–Kier alpha value is -1.37. The van der Waals surface area contributed by atoms with Gasteiger partial charge in [0, 0.05) is 13.1 Å². The highest BCUT2D eigenvalue weighted by Crippen LogP contribution is 2.19. The van der Waals surface area contributed by atoms with Gasteiger partial charge in [0.25, 0.3) is 0 Å². The first-order valence-corrected chi connectivity index (χ1v) is 5.68. The highest BCUT2D eigenvalue weighted by atomic mass is 16.5. The van der Waals surface area contributed by atoms with E-state index in [4.69, 9.17) is 15.7 Å². The molecule has 6 nitrogen and oxygen atoms in total. The van der Waals surface area contributed by atoms with Crippen molar-refractivity contribution in [1.29, 1.82) is 0 Å². The average molecular weight is 238 g/mol. The van der Waals surface area contributed by atoms with Gasteiger partial charge in [0.05, 0.1) is 18.8 Å². The summed E-state index contributed by atoms with van der Waals surface area (Å²) >= 11 is 0. The topological polar surface area (TPSA) is 83.6 Å². The highest BCUT2D eigenvalue weighted by Gasteiger charge is 2.25. The van der Waals surface area contributed by atoms with Gasteiger partial charge in [-0.15, -0.1) is 0 Å². The van der Waals surface area contributed by atoms with Crippen LogP contribution in [-0.4, -0.2) is 42.0 Å². The van der Waals surface area contributed by atoms with Crippen LogP contribution in [0, 0.1) is 0 Å². The van der Waals surface area contributed by atoms with Crippen LogP contribution in [0.2, 0.25) is 0 Å². The average Bonchev–Trinajstić information content (AvgIpc) is 2.38. The molecule has 2 atom stereocenters. The van der Waals surface area contributed by atoms with E-state index in [1.54, 1.807) is 6.07 Å². The third kappa shape index (κ3) is 2.85. The van der Waals surface area contributed by atoms with Crippen LogP contribution in [0.4, 0.5) is 11.6 Å². The maximum Gasteiger partial charge on any atom is 0.142 e. The smallest absolute Gasteiger partial charge is 0.142 e. The molecule has 0 bridgehead atoms. The van der Waals surface area contributed by atoms with Crippen LogP contribution in [0.25, 0.3) is 0 Å². The first-order valence-electron chi connectivity index (χ1n) is 5.68. The van der Waals surface area contributed by atoms with Gasteiger partial charge >= 0.3 is 0 Å². The lowest BCUT2D eigenvalue weighted by Crippen LogP contribution is -2.48. The monoisotopic (exact) mass is 238 g/mol. The van der Waals surface area contributed by atoms with E-state index in [-0.39, 0.29) is 18.8 Å². The molecule has 1 fully saturated rings. The number of hydrazine groups is 1. The molecule has 0 aromatic carbocycles. The van der Waals surface area contributed by atoms with Crippen LogP contribution in [0.1, 0.15) is 6.92 Å². The zero-order chi connectivity index (χ0) is 12.3. The number of nitrogens with zero attached hydrogens (tertiary/aromatic N) is 2. The molecule has 0 amide bonds. The number of hydrogen-bond donors (Lipinski definition) is 3. The minimum atomic E-state index is -0.157. The number of ether oxygens (including phenoxy) is 1. The van der Waals surface area contributed by atoms with E-state index in [1.165, 1.54) is 0 Å². The SMILES string of the molecule is CC1CN(c2cccc(NN)n2)CC(CO)O1. The standard InChI is InChI=1S/C11H18N4O2/c1-8-5-15(6-9(7-16)17-8)11-4-2-3-10(13-11)14-12/h2-4,8-9,16H,5-7,12H2,1H3,(H,13,14). The van der Waals surface area contributed by atoms with Gasteiger partial charge in [-0.25, -0.2) is 10.8 Å². The second kappa shape index (κ2) is 5.31. The molecule has 2 heterocycles. The van der Waals surface area contributed by atoms with Gasteiger partial charge in [-0.3, -0.25) is 0 Å². The largest absolute Gasteiger partial charge is 0.394 e. The molecule has 1 saturated heterocycles. The zero-order valence-electron chi connectivity index (χ0n) is 9.84. The summed E-state index contributed by atoms with van der Waals surface area (Å²) in [6, 6.07) is 5.62. The number of hydrogen-bond acceptors (Lipinski definition) is 6. The zero-order valence-corrected chi connectivity index (χ0v) is 9.84. The lowest BCUT2D eigenvalue weighted by Gasteiger charge is -2.36. The molecule has 0 saturated carbocycles. The van der Waals surface area contributed by atoms with Crippen molar-refractivity contribution in [1.82, 2.24) is 4.98 Å². The van der Waals surface area contributed by atoms with Gasteiger partial charge in [-0.1, -0.05) is 6.07 Å². The maximum absolute atomic E-state index is 9.17. The summed E-state index contributed by atoms with van der Waals surface area (Å²) in [5.74, 6) is 6.80. The Labute approximate surface area is 100 Å². The van der Waals surface area contributed by atoms with Crippen molar-refractivity contribution >= 4 is 11.6 Å². The summed E-state index contributed by atoms with van der Waals surface area (Å²) in [4.78, 5) is 6.46. The molecule has 0 spiro atoms. The van der Waals surface area contributed by atoms with E-state index in [0.29, 0.717) is 12.4 Å². The van der Waals surface area contributed by atoms with E-state index in [1.807, 2.05) is 19.1 Å². The molecule has 1 aromatic rings. The van der Waals surface area contributed by atoms with Gasteiger partial charge in [-0.2, -0.15) is 0 Å². The van der Waals surface area contributed by atoms with Crippen LogP contribution in [0.15, 0.2) is 18.2 Å². The Kier molecular flexibility index (Phi) is 3.78. The molecule has 2 rings (SSSR count).